The van der Waals surface area contributed by atoms with E-state index in [1.54, 1.807) is 4.90 Å². The fourth-order valence-corrected chi connectivity index (χ4v) is 2.65. The van der Waals surface area contributed by atoms with Crippen LogP contribution >= 0.6 is 0 Å². The van der Waals surface area contributed by atoms with Crippen LogP contribution in [0.5, 0.6) is 0 Å². The molecule has 1 fully saturated rings. The van der Waals surface area contributed by atoms with E-state index in [-0.39, 0.29) is 11.8 Å². The van der Waals surface area contributed by atoms with Crippen LogP contribution in [0.25, 0.3) is 0 Å². The number of carbonyl (C=O) groups is 1. The Hall–Kier alpha value is -2.29. The van der Waals surface area contributed by atoms with Gasteiger partial charge in [0.1, 0.15) is 0 Å². The topological polar surface area (TPSA) is 46.3 Å². The molecule has 20 heavy (non-hydrogen) atoms. The van der Waals surface area contributed by atoms with Gasteiger partial charge in [0.15, 0.2) is 0 Å². The molecule has 102 valence electrons. The van der Waals surface area contributed by atoms with E-state index < -0.39 is 0 Å². The Morgan fingerprint density at radius 2 is 1.90 bits per heavy atom. The molecule has 3 nitrogen and oxygen atoms in total. The van der Waals surface area contributed by atoms with Crippen molar-refractivity contribution < 1.29 is 4.79 Å². The minimum atomic E-state index is 0.101. The van der Waals surface area contributed by atoms with Crippen LogP contribution < -0.4 is 10.6 Å². The first-order valence-electron chi connectivity index (χ1n) is 6.85. The molecule has 2 aromatic rings. The molecule has 0 aliphatic heterocycles. The van der Waals surface area contributed by atoms with Gasteiger partial charge in [-0.25, -0.2) is 0 Å². The SMILES string of the molecule is CN(C(=O)C1CC1c1ccccc1)c1cccc(N)c1. The first-order chi connectivity index (χ1) is 9.66. The molecule has 0 bridgehead atoms. The zero-order valence-corrected chi connectivity index (χ0v) is 11.5. The van der Waals surface area contributed by atoms with Crippen molar-refractivity contribution in [1.29, 1.82) is 0 Å². The predicted molar refractivity (Wildman–Crippen MR) is 81.6 cm³/mol. The highest BCUT2D eigenvalue weighted by Crippen LogP contribution is 2.48. The highest BCUT2D eigenvalue weighted by Gasteiger charge is 2.45. The third-order valence-electron chi connectivity index (χ3n) is 3.92. The fourth-order valence-electron chi connectivity index (χ4n) is 2.65. The summed E-state index contributed by atoms with van der Waals surface area (Å²) in [5.74, 6) is 0.639. The van der Waals surface area contributed by atoms with Gasteiger partial charge in [-0.3, -0.25) is 4.79 Å². The molecular formula is C17H18N2O. The summed E-state index contributed by atoms with van der Waals surface area (Å²) in [5, 5.41) is 0. The number of nitrogens with two attached hydrogens (primary N) is 1. The van der Waals surface area contributed by atoms with E-state index in [0.29, 0.717) is 11.6 Å². The second-order valence-corrected chi connectivity index (χ2v) is 5.35. The minimum absolute atomic E-state index is 0.101. The molecule has 2 aromatic carbocycles. The monoisotopic (exact) mass is 266 g/mol. The summed E-state index contributed by atoms with van der Waals surface area (Å²) < 4.78 is 0. The second kappa shape index (κ2) is 5.00. The molecule has 1 saturated carbocycles. The van der Waals surface area contributed by atoms with E-state index in [2.05, 4.69) is 12.1 Å². The average molecular weight is 266 g/mol. The van der Waals surface area contributed by atoms with Crippen molar-refractivity contribution >= 4 is 17.3 Å². The van der Waals surface area contributed by atoms with Crippen LogP contribution in [0.15, 0.2) is 54.6 Å². The van der Waals surface area contributed by atoms with Gasteiger partial charge < -0.3 is 10.6 Å². The summed E-state index contributed by atoms with van der Waals surface area (Å²) in [6.07, 6.45) is 0.940. The van der Waals surface area contributed by atoms with Crippen molar-refractivity contribution in [1.82, 2.24) is 0 Å². The molecular weight excluding hydrogens is 248 g/mol. The van der Waals surface area contributed by atoms with E-state index in [4.69, 9.17) is 5.73 Å². The van der Waals surface area contributed by atoms with Gasteiger partial charge in [0.2, 0.25) is 5.91 Å². The van der Waals surface area contributed by atoms with Gasteiger partial charge >= 0.3 is 0 Å². The standard InChI is InChI=1S/C17H18N2O/c1-19(14-9-5-8-13(18)10-14)17(20)16-11-15(16)12-6-3-2-4-7-12/h2-10,15-16H,11,18H2,1H3. The van der Waals surface area contributed by atoms with E-state index in [1.165, 1.54) is 5.56 Å². The van der Waals surface area contributed by atoms with Crippen LogP contribution in [0.3, 0.4) is 0 Å². The lowest BCUT2D eigenvalue weighted by molar-refractivity contribution is -0.119. The van der Waals surface area contributed by atoms with Crippen molar-refractivity contribution in [3.63, 3.8) is 0 Å². The summed E-state index contributed by atoms with van der Waals surface area (Å²) in [5.41, 5.74) is 8.56. The van der Waals surface area contributed by atoms with Crippen molar-refractivity contribution in [2.24, 2.45) is 5.92 Å². The largest absolute Gasteiger partial charge is 0.399 e. The Bertz CT molecular complexity index is 624. The number of carbonyl (C=O) groups excluding carboxylic acids is 1. The van der Waals surface area contributed by atoms with E-state index in [0.717, 1.165) is 12.1 Å². The number of nitrogens with zero attached hydrogens (tertiary/aromatic N) is 1. The molecule has 0 spiro atoms. The molecule has 2 N–H and O–H groups in total. The van der Waals surface area contributed by atoms with Gasteiger partial charge in [0.05, 0.1) is 0 Å². The van der Waals surface area contributed by atoms with Gasteiger partial charge in [-0.15, -0.1) is 0 Å². The molecule has 0 saturated heterocycles. The van der Waals surface area contributed by atoms with Gasteiger partial charge in [0, 0.05) is 24.3 Å². The molecule has 0 aromatic heterocycles. The average Bonchev–Trinajstić information content (AvgIpc) is 3.27. The second-order valence-electron chi connectivity index (χ2n) is 5.35. The van der Waals surface area contributed by atoms with Crippen molar-refractivity contribution in [3.05, 3.63) is 60.2 Å². The number of amides is 1. The van der Waals surface area contributed by atoms with Gasteiger partial charge in [-0.05, 0) is 36.1 Å². The molecule has 1 aliphatic rings. The first-order valence-corrected chi connectivity index (χ1v) is 6.85. The van der Waals surface area contributed by atoms with Crippen LogP contribution in [-0.2, 0) is 4.79 Å². The smallest absolute Gasteiger partial charge is 0.230 e. The Morgan fingerprint density at radius 1 is 1.15 bits per heavy atom. The minimum Gasteiger partial charge on any atom is -0.399 e. The molecule has 0 heterocycles. The molecule has 2 unspecified atom stereocenters. The third-order valence-corrected chi connectivity index (χ3v) is 3.92. The van der Waals surface area contributed by atoms with E-state index in [9.17, 15) is 4.79 Å². The van der Waals surface area contributed by atoms with Crippen LogP contribution in [-0.4, -0.2) is 13.0 Å². The van der Waals surface area contributed by atoms with Crippen LogP contribution in [0.1, 0.15) is 17.9 Å². The van der Waals surface area contributed by atoms with Crippen LogP contribution in [0.4, 0.5) is 11.4 Å². The lowest BCUT2D eigenvalue weighted by Crippen LogP contribution is -2.28. The molecule has 3 heteroatoms. The number of rotatable bonds is 3. The summed E-state index contributed by atoms with van der Waals surface area (Å²) >= 11 is 0. The normalized spacial score (nSPS) is 20.4. The van der Waals surface area contributed by atoms with Crippen molar-refractivity contribution in [2.75, 3.05) is 17.7 Å². The predicted octanol–water partition coefficient (Wildman–Crippen LogP) is 3.04. The number of hydrogen-bond acceptors (Lipinski definition) is 2. The lowest BCUT2D eigenvalue weighted by atomic mass is 10.1. The molecule has 1 amide bonds. The third kappa shape index (κ3) is 2.39. The van der Waals surface area contributed by atoms with Gasteiger partial charge in [-0.1, -0.05) is 36.4 Å². The zero-order chi connectivity index (χ0) is 14.1. The Balaban J connectivity index is 1.72. The number of hydrogen-bond donors (Lipinski definition) is 1. The number of nitrogen functional groups attached to an aromatic ring is 1. The fraction of sp³-hybridized carbons (Fsp3) is 0.235. The Labute approximate surface area is 119 Å². The Morgan fingerprint density at radius 3 is 2.60 bits per heavy atom. The molecule has 1 aliphatic carbocycles. The van der Waals surface area contributed by atoms with E-state index in [1.807, 2.05) is 49.5 Å². The van der Waals surface area contributed by atoms with Crippen molar-refractivity contribution in [2.45, 2.75) is 12.3 Å². The number of benzene rings is 2. The van der Waals surface area contributed by atoms with Gasteiger partial charge in [0.25, 0.3) is 0 Å². The summed E-state index contributed by atoms with van der Waals surface area (Å²) in [6, 6.07) is 17.7. The highest BCUT2D eigenvalue weighted by molar-refractivity contribution is 5.97. The Kier molecular flexibility index (Phi) is 3.18. The highest BCUT2D eigenvalue weighted by atomic mass is 16.2. The summed E-state index contributed by atoms with van der Waals surface area (Å²) in [6.45, 7) is 0. The number of anilines is 2. The molecule has 2 atom stereocenters. The van der Waals surface area contributed by atoms with E-state index >= 15 is 0 Å². The summed E-state index contributed by atoms with van der Waals surface area (Å²) in [4.78, 5) is 14.2. The molecule has 3 rings (SSSR count). The maximum absolute atomic E-state index is 12.5. The quantitative estimate of drug-likeness (QED) is 0.868. The first kappa shape index (κ1) is 12.7. The maximum Gasteiger partial charge on any atom is 0.230 e. The van der Waals surface area contributed by atoms with Gasteiger partial charge in [-0.2, -0.15) is 0 Å². The van der Waals surface area contributed by atoms with Crippen LogP contribution in [0.2, 0.25) is 0 Å². The maximum atomic E-state index is 12.5. The lowest BCUT2D eigenvalue weighted by Gasteiger charge is -2.18. The summed E-state index contributed by atoms with van der Waals surface area (Å²) in [7, 11) is 1.82. The van der Waals surface area contributed by atoms with Crippen molar-refractivity contribution in [3.8, 4) is 0 Å². The van der Waals surface area contributed by atoms with Crippen LogP contribution in [0, 0.1) is 5.92 Å². The molecule has 0 radical (unpaired) electrons. The zero-order valence-electron chi connectivity index (χ0n) is 11.5.